The Hall–Kier alpha value is -4.12. The number of ether oxygens (including phenoxy) is 1. The van der Waals surface area contributed by atoms with Crippen molar-refractivity contribution in [2.75, 3.05) is 11.9 Å². The summed E-state index contributed by atoms with van der Waals surface area (Å²) in [4.78, 5) is 48.6. The number of benzene rings is 2. The first-order valence-electron chi connectivity index (χ1n) is 10.2. The number of nitrogens with zero attached hydrogens (tertiary/aromatic N) is 3. The number of imide groups is 1. The summed E-state index contributed by atoms with van der Waals surface area (Å²) in [6.07, 6.45) is 2.91. The van der Waals surface area contributed by atoms with Crippen LogP contribution in [0.1, 0.15) is 5.56 Å². The quantitative estimate of drug-likeness (QED) is 0.293. The summed E-state index contributed by atoms with van der Waals surface area (Å²) < 4.78 is 6.03. The minimum atomic E-state index is -1.15. The summed E-state index contributed by atoms with van der Waals surface area (Å²) in [6, 6.07) is 12.5. The van der Waals surface area contributed by atoms with Crippen molar-refractivity contribution in [3.8, 4) is 0 Å². The molecule has 3 heterocycles. The van der Waals surface area contributed by atoms with Crippen molar-refractivity contribution < 1.29 is 24.2 Å². The Morgan fingerprint density at radius 3 is 2.48 bits per heavy atom. The van der Waals surface area contributed by atoms with E-state index in [1.807, 2.05) is 30.3 Å². The second-order valence-corrected chi connectivity index (χ2v) is 8.22. The van der Waals surface area contributed by atoms with Crippen LogP contribution in [0.25, 0.3) is 0 Å². The van der Waals surface area contributed by atoms with Crippen LogP contribution in [-0.2, 0) is 20.9 Å². The average molecular weight is 450 g/mol. The van der Waals surface area contributed by atoms with E-state index in [1.165, 1.54) is 11.0 Å². The average Bonchev–Trinajstić information content (AvgIpc) is 3.44. The van der Waals surface area contributed by atoms with Crippen LogP contribution in [0, 0.1) is 32.1 Å². The SMILES string of the molecule is O=C1[C@H]2[C@@H](C(=O)N1Cc1ccccc1)[C@]1(CNc3ccc([N+](=O)[O-])cc3[N+](=O)[O-])C=C[C@H]2O1. The molecule has 11 nitrogen and oxygen atoms in total. The van der Waals surface area contributed by atoms with E-state index < -0.39 is 44.8 Å². The first-order chi connectivity index (χ1) is 15.8. The molecule has 1 N–H and O–H groups in total. The van der Waals surface area contributed by atoms with Crippen molar-refractivity contribution in [2.45, 2.75) is 18.2 Å². The van der Waals surface area contributed by atoms with Gasteiger partial charge in [0.15, 0.2) is 0 Å². The lowest BCUT2D eigenvalue weighted by Crippen LogP contribution is -2.45. The first-order valence-corrected chi connectivity index (χ1v) is 10.2. The number of anilines is 1. The van der Waals surface area contributed by atoms with Crippen LogP contribution in [0.2, 0.25) is 0 Å². The van der Waals surface area contributed by atoms with Gasteiger partial charge in [0.25, 0.3) is 11.4 Å². The molecule has 2 bridgehead atoms. The minimum Gasteiger partial charge on any atom is -0.376 e. The van der Waals surface area contributed by atoms with Gasteiger partial charge in [-0.3, -0.25) is 34.7 Å². The molecule has 4 atom stereocenters. The molecule has 0 aliphatic carbocycles. The molecular formula is C22H18N4O7. The number of nitro benzene ring substituents is 2. The van der Waals surface area contributed by atoms with Gasteiger partial charge in [0, 0.05) is 12.6 Å². The molecule has 0 radical (unpaired) electrons. The maximum atomic E-state index is 13.3. The molecule has 2 fully saturated rings. The van der Waals surface area contributed by atoms with Gasteiger partial charge in [-0.15, -0.1) is 0 Å². The monoisotopic (exact) mass is 450 g/mol. The molecular weight excluding hydrogens is 432 g/mol. The Bertz CT molecular complexity index is 1210. The highest BCUT2D eigenvalue weighted by Gasteiger charge is 2.67. The number of amides is 2. The molecule has 11 heteroatoms. The van der Waals surface area contributed by atoms with E-state index in [0.717, 1.165) is 17.7 Å². The van der Waals surface area contributed by atoms with E-state index in [2.05, 4.69) is 5.32 Å². The molecule has 0 aromatic heterocycles. The number of non-ortho nitro benzene ring substituents is 1. The summed E-state index contributed by atoms with van der Waals surface area (Å²) in [7, 11) is 0. The Morgan fingerprint density at radius 1 is 1.03 bits per heavy atom. The van der Waals surface area contributed by atoms with Crippen molar-refractivity contribution in [3.05, 3.63) is 86.5 Å². The topological polar surface area (TPSA) is 145 Å². The number of hydrogen-bond donors (Lipinski definition) is 1. The van der Waals surface area contributed by atoms with Crippen LogP contribution >= 0.6 is 0 Å². The summed E-state index contributed by atoms with van der Waals surface area (Å²) in [5, 5.41) is 25.3. The first kappa shape index (κ1) is 20.8. The van der Waals surface area contributed by atoms with Crippen molar-refractivity contribution >= 4 is 28.9 Å². The van der Waals surface area contributed by atoms with Crippen LogP contribution in [0.5, 0.6) is 0 Å². The van der Waals surface area contributed by atoms with E-state index in [4.69, 9.17) is 4.74 Å². The van der Waals surface area contributed by atoms with E-state index >= 15 is 0 Å². The van der Waals surface area contributed by atoms with E-state index in [0.29, 0.717) is 0 Å². The summed E-state index contributed by atoms with van der Waals surface area (Å²) in [6.45, 7) is 0.146. The predicted molar refractivity (Wildman–Crippen MR) is 114 cm³/mol. The zero-order chi connectivity index (χ0) is 23.3. The largest absolute Gasteiger partial charge is 0.376 e. The molecule has 3 aliphatic heterocycles. The number of likely N-dealkylation sites (tertiary alicyclic amines) is 1. The standard InChI is InChI=1S/C22H18N4O7/c27-20-18-17-8-9-22(33-17,19(18)21(28)24(20)11-13-4-2-1-3-5-13)12-23-15-7-6-14(25(29)30)10-16(15)26(31)32/h1-10,17-19,23H,11-12H2/t17-,18-,19+,22-/m1/s1. The highest BCUT2D eigenvalue weighted by molar-refractivity contribution is 6.07. The van der Waals surface area contributed by atoms with Crippen molar-refractivity contribution in [1.29, 1.82) is 0 Å². The molecule has 0 unspecified atom stereocenters. The molecule has 168 valence electrons. The highest BCUT2D eigenvalue weighted by Crippen LogP contribution is 2.52. The zero-order valence-corrected chi connectivity index (χ0v) is 17.1. The zero-order valence-electron chi connectivity index (χ0n) is 17.1. The number of carbonyl (C=O) groups is 2. The number of fused-ring (bicyclic) bond motifs is 5. The fourth-order valence-corrected chi connectivity index (χ4v) is 4.86. The Kier molecular flexibility index (Phi) is 4.71. The molecule has 2 aromatic carbocycles. The van der Waals surface area contributed by atoms with Crippen molar-refractivity contribution in [2.24, 2.45) is 11.8 Å². The molecule has 33 heavy (non-hydrogen) atoms. The second kappa shape index (κ2) is 7.48. The summed E-state index contributed by atoms with van der Waals surface area (Å²) >= 11 is 0. The number of hydrogen-bond acceptors (Lipinski definition) is 8. The van der Waals surface area contributed by atoms with Crippen LogP contribution in [0.15, 0.2) is 60.7 Å². The van der Waals surface area contributed by atoms with Gasteiger partial charge < -0.3 is 10.1 Å². The maximum absolute atomic E-state index is 13.3. The Balaban J connectivity index is 1.39. The molecule has 2 amide bonds. The second-order valence-electron chi connectivity index (χ2n) is 8.22. The van der Waals surface area contributed by atoms with E-state index in [-0.39, 0.29) is 30.6 Å². The Morgan fingerprint density at radius 2 is 1.79 bits per heavy atom. The van der Waals surface area contributed by atoms with E-state index in [9.17, 15) is 29.8 Å². The van der Waals surface area contributed by atoms with Gasteiger partial charge in [0.05, 0.1) is 40.4 Å². The smallest absolute Gasteiger partial charge is 0.299 e. The molecule has 2 saturated heterocycles. The van der Waals surface area contributed by atoms with Crippen LogP contribution in [0.3, 0.4) is 0 Å². The fourth-order valence-electron chi connectivity index (χ4n) is 4.86. The van der Waals surface area contributed by atoms with Gasteiger partial charge in [0.2, 0.25) is 11.8 Å². The minimum absolute atomic E-state index is 0.0159. The van der Waals surface area contributed by atoms with Gasteiger partial charge in [-0.2, -0.15) is 0 Å². The van der Waals surface area contributed by atoms with Crippen LogP contribution in [0.4, 0.5) is 17.1 Å². The van der Waals surface area contributed by atoms with Gasteiger partial charge in [-0.05, 0) is 11.6 Å². The number of nitrogens with one attached hydrogen (secondary N) is 1. The molecule has 2 aromatic rings. The normalized spacial score (nSPS) is 27.2. The van der Waals surface area contributed by atoms with Gasteiger partial charge in [0.1, 0.15) is 11.3 Å². The number of rotatable bonds is 7. The van der Waals surface area contributed by atoms with Crippen LogP contribution in [-0.4, -0.2) is 44.8 Å². The van der Waals surface area contributed by atoms with Gasteiger partial charge in [-0.1, -0.05) is 42.5 Å². The lowest BCUT2D eigenvalue weighted by Gasteiger charge is -2.29. The van der Waals surface area contributed by atoms with Crippen molar-refractivity contribution in [1.82, 2.24) is 4.90 Å². The van der Waals surface area contributed by atoms with Gasteiger partial charge in [-0.25, -0.2) is 0 Å². The lowest BCUT2D eigenvalue weighted by atomic mass is 9.77. The maximum Gasteiger partial charge on any atom is 0.299 e. The number of carbonyl (C=O) groups excluding carboxylic acids is 2. The van der Waals surface area contributed by atoms with E-state index in [1.54, 1.807) is 12.2 Å². The predicted octanol–water partition coefficient (Wildman–Crippen LogP) is 2.42. The Labute approximate surface area is 186 Å². The third kappa shape index (κ3) is 3.24. The third-order valence-corrected chi connectivity index (χ3v) is 6.37. The van der Waals surface area contributed by atoms with Crippen molar-refractivity contribution in [3.63, 3.8) is 0 Å². The number of nitro groups is 2. The molecule has 0 saturated carbocycles. The molecule has 0 spiro atoms. The lowest BCUT2D eigenvalue weighted by molar-refractivity contribution is -0.393. The van der Waals surface area contributed by atoms with Gasteiger partial charge >= 0.3 is 0 Å². The molecule has 3 aliphatic rings. The fraction of sp³-hybridized carbons (Fsp3) is 0.273. The van der Waals surface area contributed by atoms with Crippen LogP contribution < -0.4 is 5.32 Å². The summed E-state index contributed by atoms with van der Waals surface area (Å²) in [5.74, 6) is -2.06. The summed E-state index contributed by atoms with van der Waals surface area (Å²) in [5.41, 5.74) is -1.14. The third-order valence-electron chi connectivity index (χ3n) is 6.37. The molecule has 5 rings (SSSR count). The highest BCUT2D eigenvalue weighted by atomic mass is 16.6.